The number of carbonyl (C=O) groups excluding carboxylic acids is 1. The van der Waals surface area contributed by atoms with E-state index in [-0.39, 0.29) is 18.4 Å². The van der Waals surface area contributed by atoms with Crippen molar-refractivity contribution in [1.29, 1.82) is 0 Å². The van der Waals surface area contributed by atoms with E-state index in [4.69, 9.17) is 4.74 Å². The number of amides is 1. The lowest BCUT2D eigenvalue weighted by atomic mass is 9.95. The number of ether oxygens (including phenoxy) is 1. The van der Waals surface area contributed by atoms with Crippen molar-refractivity contribution >= 4 is 17.2 Å². The molecule has 0 aliphatic carbocycles. The number of hydrogen-bond donors (Lipinski definition) is 1. The topological polar surface area (TPSA) is 62.7 Å². The smallest absolute Gasteiger partial charge is 0.229 e. The van der Waals surface area contributed by atoms with Gasteiger partial charge in [-0.25, -0.2) is 4.98 Å². The molecule has 6 heteroatoms. The second kappa shape index (κ2) is 6.89. The molecule has 1 amide bonds. The van der Waals surface area contributed by atoms with Crippen LogP contribution in [0.3, 0.4) is 0 Å². The minimum absolute atomic E-state index is 0.0127. The molecular formula is C16H18N2O3S. The summed E-state index contributed by atoms with van der Waals surface area (Å²) < 4.78 is 5.70. The summed E-state index contributed by atoms with van der Waals surface area (Å²) in [7, 11) is 0. The lowest BCUT2D eigenvalue weighted by Crippen LogP contribution is -2.41. The van der Waals surface area contributed by atoms with E-state index in [0.717, 1.165) is 16.3 Å². The molecule has 2 aromatic rings. The average molecular weight is 318 g/mol. The Balaban J connectivity index is 1.71. The van der Waals surface area contributed by atoms with Gasteiger partial charge >= 0.3 is 0 Å². The first kappa shape index (κ1) is 15.0. The largest absolute Gasteiger partial charge is 0.492 e. The molecule has 5 nitrogen and oxygen atoms in total. The summed E-state index contributed by atoms with van der Waals surface area (Å²) in [6.45, 7) is 1.09. The zero-order valence-corrected chi connectivity index (χ0v) is 13.0. The van der Waals surface area contributed by atoms with E-state index >= 15 is 0 Å². The normalized spacial score (nSPS) is 16.7. The second-order valence-corrected chi connectivity index (χ2v) is 6.21. The number of thiazole rings is 1. The van der Waals surface area contributed by atoms with Crippen molar-refractivity contribution in [1.82, 2.24) is 9.88 Å². The molecule has 1 N–H and O–H groups in total. The summed E-state index contributed by atoms with van der Waals surface area (Å²) >= 11 is 1.51. The maximum absolute atomic E-state index is 12.7. The zero-order valence-electron chi connectivity index (χ0n) is 12.1. The average Bonchev–Trinajstić information content (AvgIpc) is 3.06. The molecule has 0 radical (unpaired) electrons. The molecule has 1 atom stereocenters. The van der Waals surface area contributed by atoms with E-state index in [1.807, 2.05) is 29.6 Å². The summed E-state index contributed by atoms with van der Waals surface area (Å²) in [6, 6.07) is 7.81. The Hall–Kier alpha value is -1.92. The van der Waals surface area contributed by atoms with Gasteiger partial charge in [0.2, 0.25) is 5.91 Å². The second-order valence-electron chi connectivity index (χ2n) is 5.23. The Morgan fingerprint density at radius 1 is 1.45 bits per heavy atom. The van der Waals surface area contributed by atoms with Gasteiger partial charge in [-0.1, -0.05) is 18.2 Å². The van der Waals surface area contributed by atoms with Gasteiger partial charge in [0.1, 0.15) is 17.4 Å². The number of aliphatic hydroxyl groups is 1. The molecule has 1 aromatic heterocycles. The summed E-state index contributed by atoms with van der Waals surface area (Å²) in [5.74, 6) is 0.667. The van der Waals surface area contributed by atoms with Gasteiger partial charge in [0.25, 0.3) is 0 Å². The van der Waals surface area contributed by atoms with Crippen LogP contribution in [-0.4, -0.2) is 40.7 Å². The van der Waals surface area contributed by atoms with Crippen molar-refractivity contribution in [3.63, 3.8) is 0 Å². The Labute approximate surface area is 133 Å². The number of aliphatic hydroxyl groups excluding tert-OH is 1. The number of aromatic nitrogens is 1. The highest BCUT2D eigenvalue weighted by Gasteiger charge is 2.29. The number of fused-ring (bicyclic) bond motifs is 1. The molecule has 1 aromatic carbocycles. The van der Waals surface area contributed by atoms with Gasteiger partial charge in [0.15, 0.2) is 0 Å². The van der Waals surface area contributed by atoms with Crippen LogP contribution in [0.15, 0.2) is 35.8 Å². The molecule has 116 valence electrons. The Morgan fingerprint density at radius 2 is 2.32 bits per heavy atom. The predicted molar refractivity (Wildman–Crippen MR) is 83.7 cm³/mol. The van der Waals surface area contributed by atoms with Gasteiger partial charge < -0.3 is 14.7 Å². The molecule has 0 spiro atoms. The van der Waals surface area contributed by atoms with Crippen molar-refractivity contribution in [3.05, 3.63) is 46.4 Å². The molecule has 0 fully saturated rings. The van der Waals surface area contributed by atoms with Crippen molar-refractivity contribution in [2.75, 3.05) is 19.8 Å². The number of carbonyl (C=O) groups is 1. The summed E-state index contributed by atoms with van der Waals surface area (Å²) in [5, 5.41) is 12.0. The van der Waals surface area contributed by atoms with Crippen molar-refractivity contribution in [3.8, 4) is 5.75 Å². The van der Waals surface area contributed by atoms with Gasteiger partial charge in [-0.3, -0.25) is 4.79 Å². The molecule has 0 saturated heterocycles. The molecule has 2 heterocycles. The van der Waals surface area contributed by atoms with Crippen molar-refractivity contribution in [2.24, 2.45) is 5.92 Å². The Bertz CT molecular complexity index is 630. The Kier molecular flexibility index (Phi) is 4.70. The Morgan fingerprint density at radius 3 is 3.09 bits per heavy atom. The number of benzene rings is 1. The van der Waals surface area contributed by atoms with Crippen LogP contribution >= 0.6 is 11.3 Å². The van der Waals surface area contributed by atoms with Crippen LogP contribution in [0.4, 0.5) is 0 Å². The lowest BCUT2D eigenvalue weighted by Gasteiger charge is -2.29. The third kappa shape index (κ3) is 3.28. The van der Waals surface area contributed by atoms with Crippen molar-refractivity contribution < 1.29 is 14.6 Å². The highest BCUT2D eigenvalue weighted by molar-refractivity contribution is 7.09. The van der Waals surface area contributed by atoms with Crippen LogP contribution in [0.1, 0.15) is 10.6 Å². The maximum atomic E-state index is 12.7. The van der Waals surface area contributed by atoms with E-state index in [1.54, 1.807) is 11.1 Å². The quantitative estimate of drug-likeness (QED) is 0.912. The van der Waals surface area contributed by atoms with Gasteiger partial charge in [-0.2, -0.15) is 0 Å². The molecule has 0 bridgehead atoms. The zero-order chi connectivity index (χ0) is 15.4. The van der Waals surface area contributed by atoms with Gasteiger partial charge in [0.05, 0.1) is 19.1 Å². The van der Waals surface area contributed by atoms with Gasteiger partial charge in [-0.15, -0.1) is 11.3 Å². The van der Waals surface area contributed by atoms with Crippen LogP contribution in [0.25, 0.3) is 0 Å². The van der Waals surface area contributed by atoms with E-state index in [0.29, 0.717) is 26.1 Å². The molecular weight excluding hydrogens is 300 g/mol. The van der Waals surface area contributed by atoms with Crippen LogP contribution in [0, 0.1) is 5.92 Å². The number of para-hydroxylation sites is 1. The van der Waals surface area contributed by atoms with Crippen LogP contribution < -0.4 is 4.74 Å². The van der Waals surface area contributed by atoms with Gasteiger partial charge in [0, 0.05) is 18.1 Å². The number of nitrogens with zero attached hydrogens (tertiary/aromatic N) is 2. The summed E-state index contributed by atoms with van der Waals surface area (Å²) in [6.07, 6.45) is 2.40. The first-order valence-electron chi connectivity index (χ1n) is 7.26. The molecule has 1 aliphatic heterocycles. The number of hydrogen-bond acceptors (Lipinski definition) is 5. The van der Waals surface area contributed by atoms with Crippen LogP contribution in [0.2, 0.25) is 0 Å². The molecule has 1 aliphatic rings. The third-order valence-electron chi connectivity index (χ3n) is 3.72. The minimum atomic E-state index is -0.207. The minimum Gasteiger partial charge on any atom is -0.492 e. The fourth-order valence-electron chi connectivity index (χ4n) is 2.63. The maximum Gasteiger partial charge on any atom is 0.229 e. The third-order valence-corrected chi connectivity index (χ3v) is 4.48. The SMILES string of the molecule is O=C(C1COc2ccccc2C1)N(CCO)Cc1nccs1. The molecule has 0 saturated carbocycles. The first-order chi connectivity index (χ1) is 10.8. The van der Waals surface area contributed by atoms with E-state index < -0.39 is 0 Å². The fourth-order valence-corrected chi connectivity index (χ4v) is 3.26. The summed E-state index contributed by atoms with van der Waals surface area (Å²) in [4.78, 5) is 18.6. The standard InChI is InChI=1S/C16H18N2O3S/c19-7-6-18(10-15-17-5-8-22-15)16(20)13-9-12-3-1-2-4-14(12)21-11-13/h1-5,8,13,19H,6-7,9-11H2. The van der Waals surface area contributed by atoms with Crippen LogP contribution in [0.5, 0.6) is 5.75 Å². The molecule has 1 unspecified atom stereocenters. The fraction of sp³-hybridized carbons (Fsp3) is 0.375. The van der Waals surface area contributed by atoms with E-state index in [9.17, 15) is 9.90 Å². The number of rotatable bonds is 5. The highest BCUT2D eigenvalue weighted by atomic mass is 32.1. The highest BCUT2D eigenvalue weighted by Crippen LogP contribution is 2.28. The first-order valence-corrected chi connectivity index (χ1v) is 8.14. The van der Waals surface area contributed by atoms with Crippen LogP contribution in [-0.2, 0) is 17.8 Å². The van der Waals surface area contributed by atoms with Crippen molar-refractivity contribution in [2.45, 2.75) is 13.0 Å². The predicted octanol–water partition coefficient (Wildman–Crippen LogP) is 1.72. The molecule has 22 heavy (non-hydrogen) atoms. The lowest BCUT2D eigenvalue weighted by molar-refractivity contribution is -0.138. The van der Waals surface area contributed by atoms with Gasteiger partial charge in [-0.05, 0) is 18.1 Å². The monoisotopic (exact) mass is 318 g/mol. The summed E-state index contributed by atoms with van der Waals surface area (Å²) in [5.41, 5.74) is 1.06. The molecule has 3 rings (SSSR count). The van der Waals surface area contributed by atoms with E-state index in [1.165, 1.54) is 11.3 Å². The van der Waals surface area contributed by atoms with E-state index in [2.05, 4.69) is 4.98 Å².